The Bertz CT molecular complexity index is 545. The van der Waals surface area contributed by atoms with Crippen molar-refractivity contribution in [1.29, 1.82) is 0 Å². The molecular formula is C20H28ClN2O. The van der Waals surface area contributed by atoms with E-state index >= 15 is 0 Å². The monoisotopic (exact) mass is 347 g/mol. The minimum Gasteiger partial charge on any atom is -0.347 e. The number of amides is 1. The maximum atomic E-state index is 12.2. The molecule has 1 aromatic rings. The summed E-state index contributed by atoms with van der Waals surface area (Å²) in [7, 11) is 0. The Kier molecular flexibility index (Phi) is 5.51. The predicted molar refractivity (Wildman–Crippen MR) is 99.1 cm³/mol. The standard InChI is InChI=1S/C20H28ClN2O/c21-20-11-8-19(9-12-20,10-13-20)17-6-4-16(5-7-17)18(24)23-15-3-1-2-14-22/h4-7,15H,1-3,8-14,22H2,(H,23,24). The van der Waals surface area contributed by atoms with Gasteiger partial charge in [-0.1, -0.05) is 18.6 Å². The molecule has 3 aliphatic carbocycles. The van der Waals surface area contributed by atoms with Gasteiger partial charge in [-0.25, -0.2) is 0 Å². The third-order valence-corrected chi connectivity index (χ3v) is 6.52. The number of rotatable bonds is 7. The lowest BCUT2D eigenvalue weighted by Gasteiger charge is -2.51. The van der Waals surface area contributed by atoms with Crippen molar-refractivity contribution in [3.63, 3.8) is 0 Å². The van der Waals surface area contributed by atoms with Crippen LogP contribution >= 0.6 is 11.6 Å². The van der Waals surface area contributed by atoms with E-state index in [2.05, 4.69) is 17.4 Å². The van der Waals surface area contributed by atoms with Crippen LogP contribution in [0.5, 0.6) is 0 Å². The van der Waals surface area contributed by atoms with Crippen LogP contribution in [0.4, 0.5) is 0 Å². The number of benzene rings is 1. The van der Waals surface area contributed by atoms with Gasteiger partial charge in [-0.3, -0.25) is 4.79 Å². The Morgan fingerprint density at radius 1 is 1.08 bits per heavy atom. The van der Waals surface area contributed by atoms with Crippen molar-refractivity contribution in [2.45, 2.75) is 68.1 Å². The van der Waals surface area contributed by atoms with Gasteiger partial charge in [0.05, 0.1) is 0 Å². The van der Waals surface area contributed by atoms with Crippen LogP contribution in [-0.4, -0.2) is 17.3 Å². The SMILES string of the molecule is NCCCC[CH]NC(=O)c1ccc(C23CCC(Cl)(CC2)CC3)cc1. The zero-order valence-electron chi connectivity index (χ0n) is 14.3. The highest BCUT2D eigenvalue weighted by atomic mass is 35.5. The number of nitrogens with two attached hydrogens (primary N) is 1. The van der Waals surface area contributed by atoms with Crippen molar-refractivity contribution in [3.8, 4) is 0 Å². The zero-order chi connectivity index (χ0) is 17.0. The minimum absolute atomic E-state index is 0.0288. The Balaban J connectivity index is 1.56. The molecule has 3 N–H and O–H groups in total. The number of alkyl halides is 1. The van der Waals surface area contributed by atoms with E-state index in [1.807, 2.05) is 18.7 Å². The van der Waals surface area contributed by atoms with Crippen molar-refractivity contribution >= 4 is 17.5 Å². The second kappa shape index (κ2) is 7.45. The van der Waals surface area contributed by atoms with Gasteiger partial charge in [0.15, 0.2) is 0 Å². The van der Waals surface area contributed by atoms with E-state index in [1.54, 1.807) is 0 Å². The smallest absolute Gasteiger partial charge is 0.251 e. The van der Waals surface area contributed by atoms with Gasteiger partial charge in [0.1, 0.15) is 0 Å². The molecule has 3 saturated carbocycles. The van der Waals surface area contributed by atoms with E-state index in [-0.39, 0.29) is 10.8 Å². The molecule has 4 heteroatoms. The van der Waals surface area contributed by atoms with E-state index < -0.39 is 0 Å². The summed E-state index contributed by atoms with van der Waals surface area (Å²) in [5, 5.41) is 2.87. The van der Waals surface area contributed by atoms with Crippen LogP contribution in [0.3, 0.4) is 0 Å². The summed E-state index contributed by atoms with van der Waals surface area (Å²) in [4.78, 5) is 12.3. The van der Waals surface area contributed by atoms with E-state index in [0.717, 1.165) is 44.1 Å². The molecule has 1 aromatic carbocycles. The van der Waals surface area contributed by atoms with Gasteiger partial charge in [-0.05, 0) is 81.0 Å². The fourth-order valence-corrected chi connectivity index (χ4v) is 4.47. The van der Waals surface area contributed by atoms with E-state index in [4.69, 9.17) is 17.3 Å². The number of fused-ring (bicyclic) bond motifs is 3. The second-order valence-corrected chi connectivity index (χ2v) is 8.27. The largest absolute Gasteiger partial charge is 0.347 e. The van der Waals surface area contributed by atoms with Crippen molar-refractivity contribution in [2.24, 2.45) is 5.73 Å². The van der Waals surface area contributed by atoms with Crippen molar-refractivity contribution in [2.75, 3.05) is 6.54 Å². The van der Waals surface area contributed by atoms with Gasteiger partial charge in [0.25, 0.3) is 5.91 Å². The first-order chi connectivity index (χ1) is 11.6. The lowest BCUT2D eigenvalue weighted by atomic mass is 9.57. The van der Waals surface area contributed by atoms with Crippen LogP contribution in [0.15, 0.2) is 24.3 Å². The Labute approximate surface area is 150 Å². The van der Waals surface area contributed by atoms with Gasteiger partial charge in [0, 0.05) is 17.0 Å². The molecule has 3 nitrogen and oxygen atoms in total. The molecule has 3 aliphatic rings. The van der Waals surface area contributed by atoms with Crippen LogP contribution in [0.25, 0.3) is 0 Å². The summed E-state index contributed by atoms with van der Waals surface area (Å²) in [6, 6.07) is 8.22. The molecule has 24 heavy (non-hydrogen) atoms. The first-order valence-electron chi connectivity index (χ1n) is 9.19. The lowest BCUT2D eigenvalue weighted by molar-refractivity contribution is 0.0962. The lowest BCUT2D eigenvalue weighted by Crippen LogP contribution is -2.45. The molecule has 2 bridgehead atoms. The van der Waals surface area contributed by atoms with E-state index in [1.165, 1.54) is 24.8 Å². The summed E-state index contributed by atoms with van der Waals surface area (Å²) < 4.78 is 0. The molecule has 4 rings (SSSR count). The Morgan fingerprint density at radius 3 is 2.29 bits per heavy atom. The van der Waals surface area contributed by atoms with Gasteiger partial charge in [-0.15, -0.1) is 11.6 Å². The zero-order valence-corrected chi connectivity index (χ0v) is 15.1. The van der Waals surface area contributed by atoms with Crippen LogP contribution < -0.4 is 11.1 Å². The number of hydrogen-bond donors (Lipinski definition) is 2. The topological polar surface area (TPSA) is 55.1 Å². The van der Waals surface area contributed by atoms with Gasteiger partial charge in [-0.2, -0.15) is 0 Å². The molecule has 0 heterocycles. The molecule has 0 atom stereocenters. The highest BCUT2D eigenvalue weighted by Gasteiger charge is 2.48. The first kappa shape index (κ1) is 17.8. The van der Waals surface area contributed by atoms with E-state index in [0.29, 0.717) is 12.0 Å². The summed E-state index contributed by atoms with van der Waals surface area (Å²) in [6.07, 6.45) is 9.76. The van der Waals surface area contributed by atoms with Crippen LogP contribution in [0.1, 0.15) is 73.7 Å². The maximum Gasteiger partial charge on any atom is 0.251 e. The Hall–Kier alpha value is -1.06. The number of hydrogen-bond acceptors (Lipinski definition) is 2. The number of halogens is 1. The molecule has 0 spiro atoms. The fourth-order valence-electron chi connectivity index (χ4n) is 4.19. The van der Waals surface area contributed by atoms with Crippen LogP contribution in [-0.2, 0) is 5.41 Å². The fraction of sp³-hybridized carbons (Fsp3) is 0.600. The highest BCUT2D eigenvalue weighted by Crippen LogP contribution is 2.56. The third kappa shape index (κ3) is 3.78. The summed E-state index contributed by atoms with van der Waals surface area (Å²) >= 11 is 6.63. The number of carbonyl (C=O) groups excluding carboxylic acids is 1. The van der Waals surface area contributed by atoms with Gasteiger partial charge >= 0.3 is 0 Å². The Morgan fingerprint density at radius 2 is 1.71 bits per heavy atom. The van der Waals surface area contributed by atoms with Crippen molar-refractivity contribution in [1.82, 2.24) is 5.32 Å². The molecule has 131 valence electrons. The maximum absolute atomic E-state index is 12.2. The summed E-state index contributed by atoms with van der Waals surface area (Å²) in [5.74, 6) is -0.0288. The van der Waals surface area contributed by atoms with Crippen molar-refractivity contribution < 1.29 is 4.79 Å². The average Bonchev–Trinajstić information content (AvgIpc) is 2.62. The molecule has 1 amide bonds. The first-order valence-corrected chi connectivity index (χ1v) is 9.57. The van der Waals surface area contributed by atoms with E-state index in [9.17, 15) is 4.79 Å². The molecule has 0 aromatic heterocycles. The number of carbonyl (C=O) groups is 1. The molecule has 0 unspecified atom stereocenters. The number of unbranched alkanes of at least 4 members (excludes halogenated alkanes) is 2. The van der Waals surface area contributed by atoms with Gasteiger partial charge in [0.2, 0.25) is 0 Å². The summed E-state index contributed by atoms with van der Waals surface area (Å²) in [6.45, 7) is 2.54. The molecule has 1 radical (unpaired) electrons. The van der Waals surface area contributed by atoms with Crippen LogP contribution in [0.2, 0.25) is 0 Å². The quantitative estimate of drug-likeness (QED) is 0.571. The molecule has 0 aliphatic heterocycles. The van der Waals surface area contributed by atoms with Crippen molar-refractivity contribution in [3.05, 3.63) is 41.9 Å². The molecule has 3 fully saturated rings. The molecule has 0 saturated heterocycles. The highest BCUT2D eigenvalue weighted by molar-refractivity contribution is 6.24. The van der Waals surface area contributed by atoms with Gasteiger partial charge < -0.3 is 11.1 Å². The third-order valence-electron chi connectivity index (χ3n) is 5.95. The second-order valence-electron chi connectivity index (χ2n) is 7.47. The predicted octanol–water partition coefficient (Wildman–Crippen LogP) is 4.29. The number of nitrogens with one attached hydrogen (secondary N) is 1. The van der Waals surface area contributed by atoms with Crippen LogP contribution in [0, 0.1) is 6.54 Å². The summed E-state index contributed by atoms with van der Waals surface area (Å²) in [5.41, 5.74) is 7.86. The molecular weight excluding hydrogens is 320 g/mol. The average molecular weight is 348 g/mol. The normalized spacial score (nSPS) is 28.8. The minimum atomic E-state index is -0.0288.